The minimum Gasteiger partial charge on any atom is -0.465 e. The summed E-state index contributed by atoms with van der Waals surface area (Å²) in [5.74, 6) is 2.52. The van der Waals surface area contributed by atoms with Gasteiger partial charge in [-0.3, -0.25) is 4.90 Å². The Morgan fingerprint density at radius 3 is 2.48 bits per heavy atom. The Hall–Kier alpha value is -3.20. The molecule has 0 spiro atoms. The van der Waals surface area contributed by atoms with E-state index in [4.69, 9.17) is 16.3 Å². The van der Waals surface area contributed by atoms with Crippen LogP contribution >= 0.6 is 0 Å². The fourth-order valence-corrected chi connectivity index (χ4v) is 2.39. The number of nitriles is 1. The first-order valence-electron chi connectivity index (χ1n) is 7.52. The predicted molar refractivity (Wildman–Crippen MR) is 88.1 cm³/mol. The standard InChI is InChI=1S/C16H19N5O4/c1-6-12-11(7-17)13(19(5)15(24)25-16(2,3)4)21(18-12)10-8-20(9-10)14(22)23/h1,10H,8-9H2,2-5H3,(H,22,23). The molecule has 9 nitrogen and oxygen atoms in total. The normalized spacial score (nSPS) is 14.2. The van der Waals surface area contributed by atoms with Crippen LogP contribution in [0.25, 0.3) is 0 Å². The van der Waals surface area contributed by atoms with Gasteiger partial charge >= 0.3 is 12.2 Å². The summed E-state index contributed by atoms with van der Waals surface area (Å²) in [6, 6.07) is 1.65. The van der Waals surface area contributed by atoms with Gasteiger partial charge in [0.05, 0.1) is 6.04 Å². The van der Waals surface area contributed by atoms with Crippen molar-refractivity contribution in [3.05, 3.63) is 11.3 Å². The van der Waals surface area contributed by atoms with Crippen molar-refractivity contribution in [2.75, 3.05) is 25.0 Å². The number of amides is 2. The first kappa shape index (κ1) is 18.1. The van der Waals surface area contributed by atoms with Crippen molar-refractivity contribution in [3.8, 4) is 18.4 Å². The van der Waals surface area contributed by atoms with Gasteiger partial charge < -0.3 is 14.7 Å². The van der Waals surface area contributed by atoms with E-state index in [1.165, 1.54) is 21.5 Å². The van der Waals surface area contributed by atoms with Crippen molar-refractivity contribution in [2.24, 2.45) is 0 Å². The number of likely N-dealkylation sites (tertiary alicyclic amines) is 1. The highest BCUT2D eigenvalue weighted by atomic mass is 16.6. The van der Waals surface area contributed by atoms with Crippen molar-refractivity contribution < 1.29 is 19.4 Å². The van der Waals surface area contributed by atoms with E-state index >= 15 is 0 Å². The van der Waals surface area contributed by atoms with E-state index in [-0.39, 0.29) is 36.2 Å². The summed E-state index contributed by atoms with van der Waals surface area (Å²) < 4.78 is 6.75. The Bertz CT molecular complexity index is 787. The quantitative estimate of drug-likeness (QED) is 0.816. The van der Waals surface area contributed by atoms with Gasteiger partial charge in [-0.1, -0.05) is 0 Å². The third-order valence-corrected chi connectivity index (χ3v) is 3.60. The van der Waals surface area contributed by atoms with Gasteiger partial charge in [0, 0.05) is 20.1 Å². The van der Waals surface area contributed by atoms with Gasteiger partial charge in [-0.25, -0.2) is 14.3 Å². The molecule has 25 heavy (non-hydrogen) atoms. The predicted octanol–water partition coefficient (Wildman–Crippen LogP) is 1.64. The number of ether oxygens (including phenoxy) is 1. The fraction of sp³-hybridized carbons (Fsp3) is 0.500. The number of aromatic nitrogens is 2. The molecule has 0 aromatic carbocycles. The summed E-state index contributed by atoms with van der Waals surface area (Å²) in [6.07, 6.45) is 3.70. The number of nitrogens with zero attached hydrogens (tertiary/aromatic N) is 5. The molecule has 1 saturated heterocycles. The maximum Gasteiger partial charge on any atom is 0.415 e. The maximum atomic E-state index is 12.4. The Morgan fingerprint density at radius 2 is 2.04 bits per heavy atom. The molecule has 0 saturated carbocycles. The van der Waals surface area contributed by atoms with Crippen molar-refractivity contribution >= 4 is 18.0 Å². The molecular formula is C16H19N5O4. The second-order valence-corrected chi connectivity index (χ2v) is 6.63. The summed E-state index contributed by atoms with van der Waals surface area (Å²) in [4.78, 5) is 25.7. The molecule has 0 aliphatic carbocycles. The van der Waals surface area contributed by atoms with Crippen LogP contribution in [-0.4, -0.2) is 57.7 Å². The van der Waals surface area contributed by atoms with E-state index in [0.717, 1.165) is 0 Å². The van der Waals surface area contributed by atoms with Crippen LogP contribution in [0.15, 0.2) is 0 Å². The summed E-state index contributed by atoms with van der Waals surface area (Å²) in [6.45, 7) is 5.57. The number of carbonyl (C=O) groups excluding carboxylic acids is 1. The van der Waals surface area contributed by atoms with Crippen LogP contribution in [0.2, 0.25) is 0 Å². The number of hydrogen-bond acceptors (Lipinski definition) is 5. The Labute approximate surface area is 145 Å². The summed E-state index contributed by atoms with van der Waals surface area (Å²) in [5, 5.41) is 22.6. The molecule has 2 heterocycles. The zero-order valence-electron chi connectivity index (χ0n) is 14.5. The first-order valence-corrected chi connectivity index (χ1v) is 7.52. The monoisotopic (exact) mass is 345 g/mol. The van der Waals surface area contributed by atoms with E-state index in [9.17, 15) is 14.9 Å². The molecule has 132 valence electrons. The molecule has 1 aliphatic heterocycles. The molecule has 0 radical (unpaired) electrons. The molecule has 0 bridgehead atoms. The van der Waals surface area contributed by atoms with E-state index in [2.05, 4.69) is 11.0 Å². The molecule has 1 aromatic rings. The molecule has 1 aromatic heterocycles. The van der Waals surface area contributed by atoms with Crippen molar-refractivity contribution in [1.29, 1.82) is 5.26 Å². The molecule has 0 unspecified atom stereocenters. The average Bonchev–Trinajstić information content (AvgIpc) is 2.80. The van der Waals surface area contributed by atoms with E-state index in [1.807, 2.05) is 6.07 Å². The van der Waals surface area contributed by atoms with E-state index < -0.39 is 17.8 Å². The molecule has 9 heteroatoms. The van der Waals surface area contributed by atoms with Crippen molar-refractivity contribution in [2.45, 2.75) is 32.4 Å². The molecule has 2 rings (SSSR count). The lowest BCUT2D eigenvalue weighted by atomic mass is 10.1. The lowest BCUT2D eigenvalue weighted by molar-refractivity contribution is 0.0577. The minimum atomic E-state index is -1.04. The number of terminal acetylenes is 1. The number of carbonyl (C=O) groups is 2. The maximum absolute atomic E-state index is 12.4. The topological polar surface area (TPSA) is 112 Å². The van der Waals surface area contributed by atoms with E-state index in [1.54, 1.807) is 20.8 Å². The number of anilines is 1. The van der Waals surface area contributed by atoms with Gasteiger partial charge in [-0.15, -0.1) is 6.42 Å². The SMILES string of the molecule is C#Cc1nn(C2CN(C(=O)O)C2)c(N(C)C(=O)OC(C)(C)C)c1C#N. The number of carboxylic acid groups (broad SMARTS) is 1. The van der Waals surface area contributed by atoms with Gasteiger partial charge in [-0.05, 0) is 26.7 Å². The van der Waals surface area contributed by atoms with Crippen LogP contribution in [-0.2, 0) is 4.74 Å². The molecule has 1 fully saturated rings. The number of rotatable bonds is 2. The summed E-state index contributed by atoms with van der Waals surface area (Å²) in [5.41, 5.74) is -0.541. The summed E-state index contributed by atoms with van der Waals surface area (Å²) >= 11 is 0. The third kappa shape index (κ3) is 3.50. The zero-order chi connectivity index (χ0) is 18.9. The zero-order valence-corrected chi connectivity index (χ0v) is 14.5. The Balaban J connectivity index is 2.40. The molecular weight excluding hydrogens is 326 g/mol. The van der Waals surface area contributed by atoms with Crippen LogP contribution in [0, 0.1) is 23.7 Å². The van der Waals surface area contributed by atoms with Gasteiger partial charge in [-0.2, -0.15) is 10.4 Å². The van der Waals surface area contributed by atoms with Gasteiger partial charge in [0.1, 0.15) is 17.2 Å². The Morgan fingerprint density at radius 1 is 1.44 bits per heavy atom. The lowest BCUT2D eigenvalue weighted by Crippen LogP contribution is -2.51. The second-order valence-electron chi connectivity index (χ2n) is 6.63. The lowest BCUT2D eigenvalue weighted by Gasteiger charge is -2.38. The largest absolute Gasteiger partial charge is 0.465 e. The van der Waals surface area contributed by atoms with Gasteiger partial charge in [0.15, 0.2) is 11.5 Å². The van der Waals surface area contributed by atoms with Gasteiger partial charge in [0.25, 0.3) is 0 Å². The number of hydrogen-bond donors (Lipinski definition) is 1. The van der Waals surface area contributed by atoms with Crippen LogP contribution in [0.3, 0.4) is 0 Å². The highest BCUT2D eigenvalue weighted by molar-refractivity contribution is 5.88. The second kappa shape index (κ2) is 6.36. The minimum absolute atomic E-state index is 0.0737. The Kier molecular flexibility index (Phi) is 4.62. The molecule has 0 atom stereocenters. The average molecular weight is 345 g/mol. The van der Waals surface area contributed by atoms with Crippen LogP contribution < -0.4 is 4.90 Å². The molecule has 1 aliphatic rings. The highest BCUT2D eigenvalue weighted by Gasteiger charge is 2.37. The van der Waals surface area contributed by atoms with Crippen LogP contribution in [0.4, 0.5) is 15.4 Å². The van der Waals surface area contributed by atoms with Crippen molar-refractivity contribution in [3.63, 3.8) is 0 Å². The van der Waals surface area contributed by atoms with Crippen LogP contribution in [0.1, 0.15) is 38.1 Å². The molecule has 2 amide bonds. The highest BCUT2D eigenvalue weighted by Crippen LogP contribution is 2.31. The van der Waals surface area contributed by atoms with E-state index in [0.29, 0.717) is 0 Å². The van der Waals surface area contributed by atoms with Crippen molar-refractivity contribution in [1.82, 2.24) is 14.7 Å². The molecule has 1 N–H and O–H groups in total. The summed E-state index contributed by atoms with van der Waals surface area (Å²) in [7, 11) is 1.45. The van der Waals surface area contributed by atoms with Crippen LogP contribution in [0.5, 0.6) is 0 Å². The van der Waals surface area contributed by atoms with Gasteiger partial charge in [0.2, 0.25) is 0 Å². The third-order valence-electron chi connectivity index (χ3n) is 3.60. The smallest absolute Gasteiger partial charge is 0.415 e. The fourth-order valence-electron chi connectivity index (χ4n) is 2.39. The first-order chi connectivity index (χ1) is 11.6.